The molecule has 2 aromatic heterocycles. The molecule has 5 nitrogen and oxygen atoms in total. The highest BCUT2D eigenvalue weighted by atomic mass is 35.6. The van der Waals surface area contributed by atoms with Gasteiger partial charge in [0.1, 0.15) is 11.2 Å². The number of anilines is 1. The Balaban J connectivity index is 2.80. The number of aromatic amines is 1. The first-order valence-corrected chi connectivity index (χ1v) is 4.65. The summed E-state index contributed by atoms with van der Waals surface area (Å²) in [5.41, 5.74) is 6.47. The number of nitrogens with zero attached hydrogens (tertiary/aromatic N) is 3. The van der Waals surface area contributed by atoms with Crippen LogP contribution in [0.5, 0.6) is 0 Å². The minimum absolute atomic E-state index is 0.0194. The number of nitrogen functional groups attached to an aromatic ring is 1. The zero-order chi connectivity index (χ0) is 10.3. The lowest BCUT2D eigenvalue weighted by atomic mass is 10.4. The summed E-state index contributed by atoms with van der Waals surface area (Å²) in [6.07, 6.45) is 1.43. The average Bonchev–Trinajstić information content (AvgIpc) is 2.47. The monoisotopic (exact) mass is 251 g/mol. The van der Waals surface area contributed by atoms with Crippen molar-refractivity contribution in [2.45, 2.75) is 3.79 Å². The Labute approximate surface area is 93.6 Å². The zero-order valence-electron chi connectivity index (χ0n) is 6.63. The second-order valence-electron chi connectivity index (χ2n) is 2.53. The van der Waals surface area contributed by atoms with Crippen LogP contribution in [0.25, 0.3) is 11.2 Å². The van der Waals surface area contributed by atoms with Crippen LogP contribution in [0.15, 0.2) is 6.33 Å². The van der Waals surface area contributed by atoms with Crippen molar-refractivity contribution in [3.63, 3.8) is 0 Å². The third-order valence-corrected chi connectivity index (χ3v) is 2.11. The number of alkyl halides is 3. The summed E-state index contributed by atoms with van der Waals surface area (Å²) in [6, 6.07) is 0. The van der Waals surface area contributed by atoms with Gasteiger partial charge in [-0.15, -0.1) is 0 Å². The molecule has 2 aromatic rings. The Hall–Kier alpha value is -0.780. The summed E-state index contributed by atoms with van der Waals surface area (Å²) in [7, 11) is 0. The van der Waals surface area contributed by atoms with Crippen molar-refractivity contribution in [2.24, 2.45) is 0 Å². The lowest BCUT2D eigenvalue weighted by Gasteiger charge is -2.10. The summed E-state index contributed by atoms with van der Waals surface area (Å²) in [6.45, 7) is 0. The minimum Gasteiger partial charge on any atom is -0.368 e. The largest absolute Gasteiger partial charge is 0.368 e. The number of H-pyrrole nitrogens is 1. The number of halogens is 3. The van der Waals surface area contributed by atoms with E-state index < -0.39 is 3.79 Å². The third kappa shape index (κ3) is 1.58. The Bertz CT molecular complexity index is 474. The topological polar surface area (TPSA) is 80.5 Å². The molecule has 0 amide bonds. The van der Waals surface area contributed by atoms with Gasteiger partial charge in [0, 0.05) is 0 Å². The van der Waals surface area contributed by atoms with E-state index >= 15 is 0 Å². The van der Waals surface area contributed by atoms with Gasteiger partial charge in [-0.25, -0.2) is 9.97 Å². The van der Waals surface area contributed by atoms with E-state index in [0.29, 0.717) is 11.2 Å². The highest BCUT2D eigenvalue weighted by molar-refractivity contribution is 6.67. The second kappa shape index (κ2) is 3.12. The van der Waals surface area contributed by atoms with Crippen LogP contribution >= 0.6 is 34.8 Å². The van der Waals surface area contributed by atoms with Crippen LogP contribution in [-0.4, -0.2) is 19.9 Å². The van der Waals surface area contributed by atoms with Crippen molar-refractivity contribution in [3.05, 3.63) is 12.0 Å². The van der Waals surface area contributed by atoms with Crippen LogP contribution in [0.3, 0.4) is 0 Å². The molecular weight excluding hydrogens is 248 g/mol. The molecule has 0 aliphatic rings. The molecule has 74 valence electrons. The first-order chi connectivity index (χ1) is 6.48. The number of hydrogen-bond acceptors (Lipinski definition) is 4. The van der Waals surface area contributed by atoms with Gasteiger partial charge in [0.15, 0.2) is 5.65 Å². The van der Waals surface area contributed by atoms with Gasteiger partial charge >= 0.3 is 0 Å². The van der Waals surface area contributed by atoms with Gasteiger partial charge in [0.05, 0.1) is 6.33 Å². The molecule has 0 aliphatic carbocycles. The zero-order valence-corrected chi connectivity index (χ0v) is 8.90. The van der Waals surface area contributed by atoms with E-state index in [4.69, 9.17) is 40.5 Å². The van der Waals surface area contributed by atoms with Gasteiger partial charge in [-0.3, -0.25) is 0 Å². The van der Waals surface area contributed by atoms with E-state index in [2.05, 4.69) is 19.9 Å². The molecule has 0 aromatic carbocycles. The molecule has 2 heterocycles. The summed E-state index contributed by atoms with van der Waals surface area (Å²) in [4.78, 5) is 14.4. The van der Waals surface area contributed by atoms with Crippen LogP contribution in [0.1, 0.15) is 5.69 Å². The van der Waals surface area contributed by atoms with Crippen LogP contribution < -0.4 is 5.73 Å². The van der Waals surface area contributed by atoms with Crippen LogP contribution in [-0.2, 0) is 3.79 Å². The first-order valence-electron chi connectivity index (χ1n) is 3.52. The Morgan fingerprint density at radius 2 is 2.00 bits per heavy atom. The molecule has 0 aliphatic heterocycles. The SMILES string of the molecule is Nc1nc(C(Cl)(Cl)Cl)c2[nH]cnc2n1. The number of fused-ring (bicyclic) bond motifs is 1. The van der Waals surface area contributed by atoms with E-state index in [1.807, 2.05) is 0 Å². The van der Waals surface area contributed by atoms with Crippen molar-refractivity contribution < 1.29 is 0 Å². The minimum atomic E-state index is -1.65. The fourth-order valence-electron chi connectivity index (χ4n) is 1.06. The predicted molar refractivity (Wildman–Crippen MR) is 55.3 cm³/mol. The van der Waals surface area contributed by atoms with Gasteiger partial charge in [-0.1, -0.05) is 34.8 Å². The predicted octanol–water partition coefficient (Wildman–Crippen LogP) is 1.76. The van der Waals surface area contributed by atoms with Crippen molar-refractivity contribution in [1.82, 2.24) is 19.9 Å². The lowest BCUT2D eigenvalue weighted by molar-refractivity contribution is 1.07. The molecule has 0 saturated heterocycles. The number of aromatic nitrogens is 4. The molecule has 0 fully saturated rings. The number of rotatable bonds is 0. The van der Waals surface area contributed by atoms with E-state index in [9.17, 15) is 0 Å². The van der Waals surface area contributed by atoms with E-state index in [1.165, 1.54) is 6.33 Å². The van der Waals surface area contributed by atoms with Gasteiger partial charge < -0.3 is 10.7 Å². The van der Waals surface area contributed by atoms with Crippen LogP contribution in [0.2, 0.25) is 0 Å². The van der Waals surface area contributed by atoms with Crippen molar-refractivity contribution >= 4 is 51.9 Å². The van der Waals surface area contributed by atoms with Crippen molar-refractivity contribution in [1.29, 1.82) is 0 Å². The standard InChI is InChI=1S/C6H4Cl3N5/c7-6(8,9)3-2-4(12-1-11-2)14-5(10)13-3/h1H,(H3,10,11,12,13,14). The number of hydrogen-bond donors (Lipinski definition) is 2. The maximum atomic E-state index is 5.70. The first kappa shape index (κ1) is 9.76. The highest BCUT2D eigenvalue weighted by Gasteiger charge is 2.29. The summed E-state index contributed by atoms with van der Waals surface area (Å²) < 4.78 is -1.65. The fraction of sp³-hybridized carbons (Fsp3) is 0.167. The molecule has 0 radical (unpaired) electrons. The van der Waals surface area contributed by atoms with E-state index in [1.54, 1.807) is 0 Å². The molecular formula is C6H4Cl3N5. The molecule has 14 heavy (non-hydrogen) atoms. The summed E-state index contributed by atoms with van der Waals surface area (Å²) in [5.74, 6) is 0.0194. The second-order valence-corrected chi connectivity index (χ2v) is 4.81. The average molecular weight is 252 g/mol. The van der Waals surface area contributed by atoms with E-state index in [0.717, 1.165) is 0 Å². The molecule has 0 saturated carbocycles. The number of nitrogens with two attached hydrogens (primary N) is 1. The summed E-state index contributed by atoms with van der Waals surface area (Å²) in [5, 5.41) is 0. The Morgan fingerprint density at radius 3 is 2.64 bits per heavy atom. The normalized spacial score (nSPS) is 12.2. The number of imidazole rings is 1. The molecule has 0 unspecified atom stereocenters. The molecule has 0 atom stereocenters. The maximum absolute atomic E-state index is 5.70. The van der Waals surface area contributed by atoms with Gasteiger partial charge in [0.2, 0.25) is 9.74 Å². The molecule has 2 rings (SSSR count). The van der Waals surface area contributed by atoms with Gasteiger partial charge in [-0.2, -0.15) is 4.98 Å². The Kier molecular flexibility index (Phi) is 2.17. The fourth-order valence-corrected chi connectivity index (χ4v) is 1.47. The summed E-state index contributed by atoms with van der Waals surface area (Å²) >= 11 is 17.1. The van der Waals surface area contributed by atoms with Gasteiger partial charge in [-0.05, 0) is 0 Å². The highest BCUT2D eigenvalue weighted by Crippen LogP contribution is 2.39. The van der Waals surface area contributed by atoms with Crippen molar-refractivity contribution in [3.8, 4) is 0 Å². The number of nitrogens with one attached hydrogen (secondary N) is 1. The van der Waals surface area contributed by atoms with Gasteiger partial charge in [0.25, 0.3) is 0 Å². The van der Waals surface area contributed by atoms with E-state index in [-0.39, 0.29) is 11.6 Å². The van der Waals surface area contributed by atoms with Crippen LogP contribution in [0, 0.1) is 0 Å². The van der Waals surface area contributed by atoms with Crippen molar-refractivity contribution in [2.75, 3.05) is 5.73 Å². The molecule has 0 bridgehead atoms. The third-order valence-electron chi connectivity index (χ3n) is 1.57. The van der Waals surface area contributed by atoms with Crippen LogP contribution in [0.4, 0.5) is 5.95 Å². The molecule has 3 N–H and O–H groups in total. The lowest BCUT2D eigenvalue weighted by Crippen LogP contribution is -2.08. The smallest absolute Gasteiger partial charge is 0.234 e. The molecule has 0 spiro atoms. The maximum Gasteiger partial charge on any atom is 0.234 e. The quantitative estimate of drug-likeness (QED) is 0.700. The Morgan fingerprint density at radius 1 is 1.29 bits per heavy atom. The molecule has 8 heteroatoms.